The summed E-state index contributed by atoms with van der Waals surface area (Å²) in [5.41, 5.74) is 6.49. The van der Waals surface area contributed by atoms with Gasteiger partial charge in [-0.05, 0) is 42.8 Å². The Morgan fingerprint density at radius 2 is 1.82 bits per heavy atom. The molecule has 0 aliphatic heterocycles. The number of nitrogens with one attached hydrogen (secondary N) is 1. The van der Waals surface area contributed by atoms with E-state index in [0.29, 0.717) is 11.3 Å². The van der Waals surface area contributed by atoms with E-state index in [1.54, 1.807) is 24.3 Å². The normalized spacial score (nSPS) is 11.8. The number of ether oxygens (including phenoxy) is 1. The first-order valence-corrected chi connectivity index (χ1v) is 11.2. The molecule has 7 nitrogen and oxygen atoms in total. The molecule has 0 aliphatic rings. The SMILES string of the molecule is Cc1cc(Oc2ncccc2-c2ccnc(N)n2)c(F)c(F)c1N[S+]([O-])Cc1ccccc1F. The molecule has 34 heavy (non-hydrogen) atoms. The highest BCUT2D eigenvalue weighted by Crippen LogP contribution is 2.36. The van der Waals surface area contributed by atoms with Gasteiger partial charge in [-0.1, -0.05) is 18.2 Å². The van der Waals surface area contributed by atoms with Gasteiger partial charge < -0.3 is 15.0 Å². The van der Waals surface area contributed by atoms with E-state index < -0.39 is 34.6 Å². The number of hydrogen-bond acceptors (Lipinski definition) is 7. The van der Waals surface area contributed by atoms with Gasteiger partial charge in [0.05, 0.1) is 22.6 Å². The molecule has 0 saturated heterocycles. The molecule has 0 bridgehead atoms. The van der Waals surface area contributed by atoms with E-state index in [9.17, 15) is 17.7 Å². The van der Waals surface area contributed by atoms with Gasteiger partial charge in [0.25, 0.3) is 0 Å². The highest BCUT2D eigenvalue weighted by Gasteiger charge is 2.23. The van der Waals surface area contributed by atoms with Crippen LogP contribution in [0.4, 0.5) is 24.8 Å². The average molecular weight is 485 g/mol. The molecule has 0 saturated carbocycles. The minimum absolute atomic E-state index is 0.0258. The first kappa shape index (κ1) is 23.3. The van der Waals surface area contributed by atoms with Crippen LogP contribution in [-0.2, 0) is 17.1 Å². The number of aromatic nitrogens is 3. The number of pyridine rings is 1. The maximum Gasteiger partial charge on any atom is 0.228 e. The van der Waals surface area contributed by atoms with Crippen LogP contribution in [0.2, 0.25) is 0 Å². The number of aryl methyl sites for hydroxylation is 1. The Kier molecular flexibility index (Phi) is 6.85. The summed E-state index contributed by atoms with van der Waals surface area (Å²) in [6.45, 7) is 1.49. The van der Waals surface area contributed by atoms with E-state index in [1.165, 1.54) is 43.6 Å². The smallest absolute Gasteiger partial charge is 0.228 e. The van der Waals surface area contributed by atoms with Gasteiger partial charge in [0.15, 0.2) is 17.3 Å². The number of rotatable bonds is 7. The third kappa shape index (κ3) is 5.05. The van der Waals surface area contributed by atoms with Crippen LogP contribution in [0, 0.1) is 24.4 Å². The van der Waals surface area contributed by atoms with Gasteiger partial charge in [0.1, 0.15) is 11.5 Å². The fourth-order valence-electron chi connectivity index (χ4n) is 3.12. The Bertz CT molecular complexity index is 1340. The summed E-state index contributed by atoms with van der Waals surface area (Å²) in [6.07, 6.45) is 2.87. The average Bonchev–Trinajstić information content (AvgIpc) is 2.82. The first-order chi connectivity index (χ1) is 16.3. The molecule has 2 aromatic heterocycles. The van der Waals surface area contributed by atoms with Gasteiger partial charge in [-0.25, -0.2) is 28.5 Å². The van der Waals surface area contributed by atoms with Crippen molar-refractivity contribution in [3.63, 3.8) is 0 Å². The summed E-state index contributed by atoms with van der Waals surface area (Å²) in [4.78, 5) is 12.0. The molecular formula is C23H18F3N5O2S. The molecule has 0 amide bonds. The van der Waals surface area contributed by atoms with Crippen molar-refractivity contribution in [3.05, 3.63) is 89.5 Å². The van der Waals surface area contributed by atoms with Crippen molar-refractivity contribution in [2.75, 3.05) is 10.5 Å². The Morgan fingerprint density at radius 3 is 2.59 bits per heavy atom. The highest BCUT2D eigenvalue weighted by molar-refractivity contribution is 7.91. The standard InChI is InChI=1S/C23H18F3N5O2S/c1-13-11-18(33-22-15(6-4-9-28-22)17-8-10-29-23(27)30-17)19(25)20(26)21(13)31-34(32)12-14-5-2-3-7-16(14)24/h2-11,31H,12H2,1H3,(H2,27,29,30). The summed E-state index contributed by atoms with van der Waals surface area (Å²) >= 11 is -1.91. The van der Waals surface area contributed by atoms with Crippen LogP contribution >= 0.6 is 0 Å². The lowest BCUT2D eigenvalue weighted by Crippen LogP contribution is -2.18. The van der Waals surface area contributed by atoms with Crippen molar-refractivity contribution in [1.82, 2.24) is 15.0 Å². The lowest BCUT2D eigenvalue weighted by Gasteiger charge is -2.17. The number of halogens is 3. The van der Waals surface area contributed by atoms with E-state index in [-0.39, 0.29) is 34.4 Å². The van der Waals surface area contributed by atoms with Gasteiger partial charge in [0, 0.05) is 18.0 Å². The number of anilines is 2. The molecule has 0 aliphatic carbocycles. The fraction of sp³-hybridized carbons (Fsp3) is 0.0870. The number of nitrogens with two attached hydrogens (primary N) is 1. The molecule has 1 unspecified atom stereocenters. The second-order valence-corrected chi connectivity index (χ2v) is 8.32. The third-order valence-electron chi connectivity index (χ3n) is 4.76. The summed E-state index contributed by atoms with van der Waals surface area (Å²) in [5, 5.41) is 0. The molecule has 4 rings (SSSR count). The van der Waals surface area contributed by atoms with Crippen molar-refractivity contribution in [3.8, 4) is 22.9 Å². The van der Waals surface area contributed by atoms with Crippen molar-refractivity contribution in [1.29, 1.82) is 0 Å². The van der Waals surface area contributed by atoms with Gasteiger partial charge in [-0.3, -0.25) is 0 Å². The van der Waals surface area contributed by atoms with Gasteiger partial charge in [-0.15, -0.1) is 0 Å². The molecule has 0 fully saturated rings. The Hall–Kier alpha value is -3.83. The molecule has 2 heterocycles. The van der Waals surface area contributed by atoms with Crippen molar-refractivity contribution >= 4 is 23.0 Å². The second-order valence-electron chi connectivity index (χ2n) is 7.14. The molecule has 3 N–H and O–H groups in total. The molecule has 2 aromatic carbocycles. The molecular weight excluding hydrogens is 467 g/mol. The van der Waals surface area contributed by atoms with Crippen LogP contribution in [0.5, 0.6) is 11.6 Å². The van der Waals surface area contributed by atoms with Gasteiger partial charge in [0.2, 0.25) is 17.6 Å². The Balaban J connectivity index is 1.60. The topological polar surface area (TPSA) is 109 Å². The molecule has 0 spiro atoms. The molecule has 0 radical (unpaired) electrons. The van der Waals surface area contributed by atoms with Crippen molar-refractivity contribution in [2.24, 2.45) is 0 Å². The largest absolute Gasteiger partial charge is 0.593 e. The van der Waals surface area contributed by atoms with Crippen LogP contribution in [0.3, 0.4) is 0 Å². The van der Waals surface area contributed by atoms with Crippen molar-refractivity contribution < 1.29 is 22.5 Å². The van der Waals surface area contributed by atoms with Crippen molar-refractivity contribution in [2.45, 2.75) is 12.7 Å². The fourth-order valence-corrected chi connectivity index (χ4v) is 4.19. The van der Waals surface area contributed by atoms with Crippen LogP contribution in [0.25, 0.3) is 11.3 Å². The lowest BCUT2D eigenvalue weighted by molar-refractivity contribution is 0.407. The quantitative estimate of drug-likeness (QED) is 0.358. The number of benzene rings is 2. The monoisotopic (exact) mass is 485 g/mol. The molecule has 174 valence electrons. The third-order valence-corrected chi connectivity index (χ3v) is 5.76. The Morgan fingerprint density at radius 1 is 1.03 bits per heavy atom. The summed E-state index contributed by atoms with van der Waals surface area (Å²) < 4.78 is 64.0. The van der Waals surface area contributed by atoms with Crippen LogP contribution in [0.1, 0.15) is 11.1 Å². The zero-order chi connectivity index (χ0) is 24.2. The van der Waals surface area contributed by atoms with Gasteiger partial charge in [-0.2, -0.15) is 4.39 Å². The number of nitrogens with zero attached hydrogens (tertiary/aromatic N) is 3. The summed E-state index contributed by atoms with van der Waals surface area (Å²) in [7, 11) is 0. The zero-order valence-corrected chi connectivity index (χ0v) is 18.6. The minimum atomic E-state index is -1.91. The Labute approximate surface area is 196 Å². The van der Waals surface area contributed by atoms with Crippen LogP contribution in [0.15, 0.2) is 60.9 Å². The maximum atomic E-state index is 14.9. The summed E-state index contributed by atoms with van der Waals surface area (Å²) in [6, 6.07) is 11.9. The van der Waals surface area contributed by atoms with Crippen LogP contribution in [-0.4, -0.2) is 19.5 Å². The van der Waals surface area contributed by atoms with Crippen LogP contribution < -0.4 is 15.2 Å². The highest BCUT2D eigenvalue weighted by atomic mass is 32.2. The number of nitrogen functional groups attached to an aromatic ring is 1. The zero-order valence-electron chi connectivity index (χ0n) is 17.8. The van der Waals surface area contributed by atoms with E-state index in [4.69, 9.17) is 10.5 Å². The molecule has 4 aromatic rings. The predicted molar refractivity (Wildman–Crippen MR) is 123 cm³/mol. The predicted octanol–water partition coefficient (Wildman–Crippen LogP) is 4.91. The number of hydrogen-bond donors (Lipinski definition) is 2. The first-order valence-electron chi connectivity index (χ1n) is 9.92. The molecule has 11 heteroatoms. The van der Waals surface area contributed by atoms with E-state index in [1.807, 2.05) is 0 Å². The lowest BCUT2D eigenvalue weighted by atomic mass is 10.1. The van der Waals surface area contributed by atoms with E-state index in [0.717, 1.165) is 0 Å². The van der Waals surface area contributed by atoms with Gasteiger partial charge >= 0.3 is 0 Å². The maximum absolute atomic E-state index is 14.9. The second kappa shape index (κ2) is 9.98. The summed E-state index contributed by atoms with van der Waals surface area (Å²) in [5.74, 6) is -3.80. The van der Waals surface area contributed by atoms with E-state index >= 15 is 0 Å². The molecule has 1 atom stereocenters. The minimum Gasteiger partial charge on any atom is -0.593 e. The van der Waals surface area contributed by atoms with E-state index in [2.05, 4.69) is 19.7 Å².